The van der Waals surface area contributed by atoms with Crippen molar-refractivity contribution >= 4 is 0 Å². The Morgan fingerprint density at radius 1 is 1.25 bits per heavy atom. The van der Waals surface area contributed by atoms with E-state index in [1.54, 1.807) is 0 Å². The van der Waals surface area contributed by atoms with Gasteiger partial charge in [-0.15, -0.1) is 0 Å². The number of phenolic OH excluding ortho intramolecular Hbond substituents is 1. The van der Waals surface area contributed by atoms with Gasteiger partial charge in [0.1, 0.15) is 5.75 Å². The van der Waals surface area contributed by atoms with Gasteiger partial charge in [-0.1, -0.05) is 6.07 Å². The largest absolute Gasteiger partial charge is 0.508 e. The van der Waals surface area contributed by atoms with E-state index in [4.69, 9.17) is 0 Å². The summed E-state index contributed by atoms with van der Waals surface area (Å²) < 4.78 is 0. The summed E-state index contributed by atoms with van der Waals surface area (Å²) in [4.78, 5) is 2.65. The van der Waals surface area contributed by atoms with Crippen molar-refractivity contribution in [1.29, 1.82) is 0 Å². The first kappa shape index (κ1) is 10.2. The van der Waals surface area contributed by atoms with Crippen molar-refractivity contribution < 1.29 is 5.11 Å². The SMILES string of the molecule is C[C@H]1CCCN1[C@@H]1Cc2ccc(O)cc2C1. The maximum Gasteiger partial charge on any atom is 0.115 e. The van der Waals surface area contributed by atoms with Gasteiger partial charge >= 0.3 is 0 Å². The summed E-state index contributed by atoms with van der Waals surface area (Å²) in [6, 6.07) is 7.26. The molecule has 0 radical (unpaired) electrons. The molecular formula is C14H19NO. The van der Waals surface area contributed by atoms with Crippen molar-refractivity contribution in [2.75, 3.05) is 6.54 Å². The third-order valence-corrected chi connectivity index (χ3v) is 4.17. The van der Waals surface area contributed by atoms with Crippen LogP contribution in [0.3, 0.4) is 0 Å². The molecule has 0 unspecified atom stereocenters. The molecule has 0 bridgehead atoms. The zero-order valence-electron chi connectivity index (χ0n) is 9.82. The fourth-order valence-corrected chi connectivity index (χ4v) is 3.31. The minimum Gasteiger partial charge on any atom is -0.508 e. The van der Waals surface area contributed by atoms with Crippen LogP contribution in [0.15, 0.2) is 18.2 Å². The molecular weight excluding hydrogens is 198 g/mol. The molecule has 1 saturated heterocycles. The smallest absolute Gasteiger partial charge is 0.115 e. The lowest BCUT2D eigenvalue weighted by molar-refractivity contribution is 0.195. The van der Waals surface area contributed by atoms with Crippen molar-refractivity contribution in [3.05, 3.63) is 29.3 Å². The molecule has 1 N–H and O–H groups in total. The van der Waals surface area contributed by atoms with Gasteiger partial charge in [0.2, 0.25) is 0 Å². The number of hydrogen-bond acceptors (Lipinski definition) is 2. The standard InChI is InChI=1S/C14H19NO/c1-10-3-2-6-15(10)13-7-11-4-5-14(16)9-12(11)8-13/h4-5,9-10,13,16H,2-3,6-8H2,1H3/t10-,13+/m0/s1. The van der Waals surface area contributed by atoms with E-state index < -0.39 is 0 Å². The summed E-state index contributed by atoms with van der Waals surface area (Å²) in [5.74, 6) is 0.411. The van der Waals surface area contributed by atoms with Crippen LogP contribution >= 0.6 is 0 Å². The molecule has 2 nitrogen and oxygen atoms in total. The number of nitrogens with zero attached hydrogens (tertiary/aromatic N) is 1. The third-order valence-electron chi connectivity index (χ3n) is 4.17. The van der Waals surface area contributed by atoms with Gasteiger partial charge in [-0.25, -0.2) is 0 Å². The molecule has 0 saturated carbocycles. The Balaban J connectivity index is 1.80. The van der Waals surface area contributed by atoms with E-state index in [1.165, 1.54) is 36.9 Å². The first-order valence-corrected chi connectivity index (χ1v) is 6.30. The second-order valence-electron chi connectivity index (χ2n) is 5.24. The summed E-state index contributed by atoms with van der Waals surface area (Å²) in [6.07, 6.45) is 4.98. The Kier molecular flexibility index (Phi) is 2.40. The van der Waals surface area contributed by atoms with Gasteiger partial charge in [0.25, 0.3) is 0 Å². The normalized spacial score (nSPS) is 29.6. The molecule has 2 aliphatic rings. The minimum atomic E-state index is 0.411. The summed E-state index contributed by atoms with van der Waals surface area (Å²) in [5.41, 5.74) is 2.78. The second kappa shape index (κ2) is 3.77. The Bertz CT molecular complexity index is 402. The predicted octanol–water partition coefficient (Wildman–Crippen LogP) is 2.34. The highest BCUT2D eigenvalue weighted by molar-refractivity contribution is 5.39. The number of benzene rings is 1. The van der Waals surface area contributed by atoms with E-state index in [0.29, 0.717) is 11.8 Å². The van der Waals surface area contributed by atoms with Crippen LogP contribution in [0.5, 0.6) is 5.75 Å². The second-order valence-corrected chi connectivity index (χ2v) is 5.24. The topological polar surface area (TPSA) is 23.5 Å². The highest BCUT2D eigenvalue weighted by Crippen LogP contribution is 2.31. The zero-order valence-corrected chi connectivity index (χ0v) is 9.82. The Morgan fingerprint density at radius 2 is 2.06 bits per heavy atom. The number of phenols is 1. The lowest BCUT2D eigenvalue weighted by Gasteiger charge is -2.27. The molecule has 3 rings (SSSR count). The summed E-state index contributed by atoms with van der Waals surface area (Å²) in [5, 5.41) is 9.49. The van der Waals surface area contributed by atoms with Crippen molar-refractivity contribution in [2.45, 2.75) is 44.7 Å². The van der Waals surface area contributed by atoms with Gasteiger partial charge in [0.15, 0.2) is 0 Å². The van der Waals surface area contributed by atoms with E-state index in [-0.39, 0.29) is 0 Å². The minimum absolute atomic E-state index is 0.411. The zero-order chi connectivity index (χ0) is 11.1. The van der Waals surface area contributed by atoms with Crippen molar-refractivity contribution in [2.24, 2.45) is 0 Å². The summed E-state index contributed by atoms with van der Waals surface area (Å²) in [6.45, 7) is 3.60. The van der Waals surface area contributed by atoms with Crippen LogP contribution in [-0.4, -0.2) is 28.6 Å². The van der Waals surface area contributed by atoms with Crippen LogP contribution in [0.4, 0.5) is 0 Å². The van der Waals surface area contributed by atoms with Crippen LogP contribution in [0.1, 0.15) is 30.9 Å². The maximum atomic E-state index is 9.49. The first-order chi connectivity index (χ1) is 7.74. The van der Waals surface area contributed by atoms with Gasteiger partial charge < -0.3 is 5.11 Å². The van der Waals surface area contributed by atoms with Crippen molar-refractivity contribution in [3.8, 4) is 5.75 Å². The van der Waals surface area contributed by atoms with E-state index in [0.717, 1.165) is 12.5 Å². The molecule has 0 amide bonds. The van der Waals surface area contributed by atoms with Gasteiger partial charge in [0.05, 0.1) is 0 Å². The van der Waals surface area contributed by atoms with Gasteiger partial charge in [-0.2, -0.15) is 0 Å². The molecule has 1 fully saturated rings. The fourth-order valence-electron chi connectivity index (χ4n) is 3.31. The van der Waals surface area contributed by atoms with Crippen LogP contribution < -0.4 is 0 Å². The Hall–Kier alpha value is -1.02. The molecule has 2 heteroatoms. The number of fused-ring (bicyclic) bond motifs is 1. The van der Waals surface area contributed by atoms with Crippen LogP contribution in [0, 0.1) is 0 Å². The average Bonchev–Trinajstić information content (AvgIpc) is 2.82. The third kappa shape index (κ3) is 1.61. The monoisotopic (exact) mass is 217 g/mol. The molecule has 1 aliphatic heterocycles. The van der Waals surface area contributed by atoms with E-state index in [2.05, 4.69) is 17.9 Å². The number of aromatic hydroxyl groups is 1. The van der Waals surface area contributed by atoms with Crippen LogP contribution in [0.2, 0.25) is 0 Å². The highest BCUT2D eigenvalue weighted by atomic mass is 16.3. The molecule has 1 aliphatic carbocycles. The molecule has 0 spiro atoms. The first-order valence-electron chi connectivity index (χ1n) is 6.30. The highest BCUT2D eigenvalue weighted by Gasteiger charge is 2.32. The van der Waals surface area contributed by atoms with E-state index in [1.807, 2.05) is 12.1 Å². The fraction of sp³-hybridized carbons (Fsp3) is 0.571. The molecule has 2 atom stereocenters. The van der Waals surface area contributed by atoms with Crippen molar-refractivity contribution in [1.82, 2.24) is 4.90 Å². The lowest BCUT2D eigenvalue weighted by Crippen LogP contribution is -2.38. The lowest BCUT2D eigenvalue weighted by atomic mass is 10.1. The quantitative estimate of drug-likeness (QED) is 0.780. The summed E-state index contributed by atoms with van der Waals surface area (Å²) >= 11 is 0. The predicted molar refractivity (Wildman–Crippen MR) is 64.7 cm³/mol. The molecule has 1 aromatic carbocycles. The van der Waals surface area contributed by atoms with Crippen LogP contribution in [-0.2, 0) is 12.8 Å². The number of likely N-dealkylation sites (tertiary alicyclic amines) is 1. The van der Waals surface area contributed by atoms with Gasteiger partial charge in [-0.05, 0) is 62.4 Å². The Morgan fingerprint density at radius 3 is 2.81 bits per heavy atom. The van der Waals surface area contributed by atoms with Gasteiger partial charge in [-0.3, -0.25) is 4.90 Å². The molecule has 0 aromatic heterocycles. The molecule has 1 aromatic rings. The van der Waals surface area contributed by atoms with Gasteiger partial charge in [0, 0.05) is 12.1 Å². The molecule has 1 heterocycles. The molecule has 86 valence electrons. The van der Waals surface area contributed by atoms with Crippen molar-refractivity contribution in [3.63, 3.8) is 0 Å². The van der Waals surface area contributed by atoms with E-state index >= 15 is 0 Å². The van der Waals surface area contributed by atoms with E-state index in [9.17, 15) is 5.11 Å². The average molecular weight is 217 g/mol. The molecule has 16 heavy (non-hydrogen) atoms. The Labute approximate surface area is 96.9 Å². The maximum absolute atomic E-state index is 9.49. The van der Waals surface area contributed by atoms with Crippen LogP contribution in [0.25, 0.3) is 0 Å². The number of rotatable bonds is 1. The number of hydrogen-bond donors (Lipinski definition) is 1. The summed E-state index contributed by atoms with van der Waals surface area (Å²) in [7, 11) is 0.